The lowest BCUT2D eigenvalue weighted by Gasteiger charge is -2.15. The zero-order chi connectivity index (χ0) is 17.9. The highest BCUT2D eigenvalue weighted by Gasteiger charge is 2.30. The van der Waals surface area contributed by atoms with Crippen LogP contribution in [0.2, 0.25) is 5.02 Å². The average Bonchev–Trinajstić information content (AvgIpc) is 2.80. The highest BCUT2D eigenvalue weighted by molar-refractivity contribution is 7.91. The first-order valence-electron chi connectivity index (χ1n) is 7.32. The molecule has 24 heavy (non-hydrogen) atoms. The van der Waals surface area contributed by atoms with Crippen molar-refractivity contribution in [2.24, 2.45) is 5.92 Å². The number of rotatable bonds is 5. The molecule has 1 saturated heterocycles. The Morgan fingerprint density at radius 3 is 2.75 bits per heavy atom. The van der Waals surface area contributed by atoms with E-state index in [1.54, 1.807) is 0 Å². The van der Waals surface area contributed by atoms with E-state index in [0.717, 1.165) is 12.1 Å². The predicted octanol–water partition coefficient (Wildman–Crippen LogP) is 2.17. The maximum atomic E-state index is 13.0. The molecule has 1 aromatic rings. The van der Waals surface area contributed by atoms with Crippen LogP contribution in [0, 0.1) is 11.7 Å². The van der Waals surface area contributed by atoms with E-state index in [0.29, 0.717) is 6.42 Å². The quantitative estimate of drug-likeness (QED) is 0.794. The zero-order valence-electron chi connectivity index (χ0n) is 12.9. The summed E-state index contributed by atoms with van der Waals surface area (Å²) in [5.41, 5.74) is 0.202. The molecule has 1 amide bonds. The average molecular weight is 378 g/mol. The summed E-state index contributed by atoms with van der Waals surface area (Å²) in [6.07, 6.45) is -0.714. The lowest BCUT2D eigenvalue weighted by Crippen LogP contribution is -2.30. The van der Waals surface area contributed by atoms with Crippen molar-refractivity contribution in [3.8, 4) is 0 Å². The molecule has 0 radical (unpaired) electrons. The molecule has 2 atom stereocenters. The van der Waals surface area contributed by atoms with Crippen molar-refractivity contribution < 1.29 is 27.1 Å². The van der Waals surface area contributed by atoms with Crippen LogP contribution in [0.25, 0.3) is 0 Å². The van der Waals surface area contributed by atoms with Gasteiger partial charge in [-0.15, -0.1) is 0 Å². The van der Waals surface area contributed by atoms with Gasteiger partial charge in [0.05, 0.1) is 22.2 Å². The third-order valence-electron chi connectivity index (χ3n) is 3.65. The lowest BCUT2D eigenvalue weighted by molar-refractivity contribution is -0.153. The number of hydrogen-bond donors (Lipinski definition) is 1. The first-order chi connectivity index (χ1) is 11.2. The van der Waals surface area contributed by atoms with E-state index < -0.39 is 33.6 Å². The molecule has 9 heteroatoms. The molecule has 0 unspecified atom stereocenters. The van der Waals surface area contributed by atoms with Crippen LogP contribution in [0.15, 0.2) is 18.2 Å². The minimum absolute atomic E-state index is 0.0260. The molecule has 1 aliphatic rings. The molecule has 132 valence electrons. The van der Waals surface area contributed by atoms with Gasteiger partial charge in [-0.05, 0) is 37.5 Å². The Bertz CT molecular complexity index is 752. The summed E-state index contributed by atoms with van der Waals surface area (Å²) in [4.78, 5) is 23.8. The van der Waals surface area contributed by atoms with E-state index in [4.69, 9.17) is 16.3 Å². The van der Waals surface area contributed by atoms with Gasteiger partial charge in [0.25, 0.3) is 5.91 Å². The number of anilines is 1. The molecule has 0 bridgehead atoms. The summed E-state index contributed by atoms with van der Waals surface area (Å²) < 4.78 is 40.7. The van der Waals surface area contributed by atoms with Gasteiger partial charge in [0.15, 0.2) is 15.9 Å². The van der Waals surface area contributed by atoms with Crippen LogP contribution < -0.4 is 5.32 Å². The Hall–Kier alpha value is -1.67. The van der Waals surface area contributed by atoms with Crippen LogP contribution in [0.4, 0.5) is 10.1 Å². The van der Waals surface area contributed by atoms with Gasteiger partial charge in [0, 0.05) is 6.42 Å². The van der Waals surface area contributed by atoms with Crippen LogP contribution in [-0.4, -0.2) is 37.9 Å². The molecule has 1 N–H and O–H groups in total. The van der Waals surface area contributed by atoms with Crippen LogP contribution in [0.1, 0.15) is 19.8 Å². The molecule has 2 rings (SSSR count). The molecule has 0 aliphatic carbocycles. The molecule has 1 fully saturated rings. The molecule has 1 heterocycles. The molecular weight excluding hydrogens is 361 g/mol. The predicted molar refractivity (Wildman–Crippen MR) is 87.0 cm³/mol. The van der Waals surface area contributed by atoms with Crippen molar-refractivity contribution in [2.45, 2.75) is 25.9 Å². The van der Waals surface area contributed by atoms with Crippen molar-refractivity contribution >= 4 is 39.0 Å². The van der Waals surface area contributed by atoms with E-state index in [1.807, 2.05) is 0 Å². The summed E-state index contributed by atoms with van der Waals surface area (Å²) in [7, 11) is -3.07. The van der Waals surface area contributed by atoms with Gasteiger partial charge in [-0.3, -0.25) is 9.59 Å². The van der Waals surface area contributed by atoms with Gasteiger partial charge < -0.3 is 10.1 Å². The van der Waals surface area contributed by atoms with Gasteiger partial charge in [0.1, 0.15) is 5.82 Å². The molecule has 6 nitrogen and oxygen atoms in total. The summed E-state index contributed by atoms with van der Waals surface area (Å²) in [6.45, 7) is 1.38. The number of esters is 1. The highest BCUT2D eigenvalue weighted by atomic mass is 35.5. The Kier molecular flexibility index (Phi) is 5.82. The fourth-order valence-electron chi connectivity index (χ4n) is 2.39. The Balaban J connectivity index is 1.86. The number of sulfone groups is 1. The number of halogens is 2. The largest absolute Gasteiger partial charge is 0.453 e. The molecule has 0 aromatic heterocycles. The Labute approximate surface area is 144 Å². The number of benzene rings is 1. The fraction of sp³-hybridized carbons (Fsp3) is 0.467. The van der Waals surface area contributed by atoms with Crippen molar-refractivity contribution in [2.75, 3.05) is 16.8 Å². The second-order valence-electron chi connectivity index (χ2n) is 5.72. The third kappa shape index (κ3) is 5.17. The minimum atomic E-state index is -3.07. The number of nitrogens with one attached hydrogen (secondary N) is 1. The second-order valence-corrected chi connectivity index (χ2v) is 8.35. The van der Waals surface area contributed by atoms with Gasteiger partial charge >= 0.3 is 5.97 Å². The van der Waals surface area contributed by atoms with E-state index in [9.17, 15) is 22.4 Å². The summed E-state index contributed by atoms with van der Waals surface area (Å²) in [5.74, 6) is -2.02. The maximum absolute atomic E-state index is 13.0. The maximum Gasteiger partial charge on any atom is 0.306 e. The van der Waals surface area contributed by atoms with Crippen molar-refractivity contribution in [3.63, 3.8) is 0 Å². The number of carbonyl (C=O) groups is 2. The first kappa shape index (κ1) is 18.7. The number of ether oxygens (including phenoxy) is 1. The number of carbonyl (C=O) groups excluding carboxylic acids is 2. The molecule has 1 aromatic carbocycles. The zero-order valence-corrected chi connectivity index (χ0v) is 14.5. The number of amides is 1. The summed E-state index contributed by atoms with van der Waals surface area (Å²) in [6, 6.07) is 3.49. The van der Waals surface area contributed by atoms with Gasteiger partial charge in [-0.1, -0.05) is 11.6 Å². The number of hydrogen-bond acceptors (Lipinski definition) is 5. The van der Waals surface area contributed by atoms with E-state index in [2.05, 4.69) is 5.32 Å². The Morgan fingerprint density at radius 2 is 2.17 bits per heavy atom. The molecule has 0 saturated carbocycles. The normalized spacial score (nSPS) is 20.4. The molecule has 0 spiro atoms. The van der Waals surface area contributed by atoms with Gasteiger partial charge in [0.2, 0.25) is 0 Å². The molecule has 1 aliphatic heterocycles. The molecular formula is C15H17ClFNO5S. The summed E-state index contributed by atoms with van der Waals surface area (Å²) in [5, 5.41) is 2.46. The van der Waals surface area contributed by atoms with Crippen molar-refractivity contribution in [1.29, 1.82) is 0 Å². The van der Waals surface area contributed by atoms with Crippen molar-refractivity contribution in [3.05, 3.63) is 29.0 Å². The van der Waals surface area contributed by atoms with Crippen LogP contribution in [0.5, 0.6) is 0 Å². The van der Waals surface area contributed by atoms with E-state index in [-0.39, 0.29) is 34.6 Å². The lowest BCUT2D eigenvalue weighted by atomic mass is 10.1. The van der Waals surface area contributed by atoms with Gasteiger partial charge in [-0.25, -0.2) is 12.8 Å². The van der Waals surface area contributed by atoms with Gasteiger partial charge in [-0.2, -0.15) is 0 Å². The minimum Gasteiger partial charge on any atom is -0.453 e. The van der Waals surface area contributed by atoms with Crippen molar-refractivity contribution in [1.82, 2.24) is 0 Å². The highest BCUT2D eigenvalue weighted by Crippen LogP contribution is 2.24. The third-order valence-corrected chi connectivity index (χ3v) is 5.80. The Morgan fingerprint density at radius 1 is 1.46 bits per heavy atom. The standard InChI is InChI=1S/C15H17ClFNO5S/c1-9(15(20)18-13-3-2-11(17)7-12(13)16)23-14(19)6-10-4-5-24(21,22)8-10/h2-3,7,9-10H,4-6,8H2,1H3,(H,18,20)/t9-,10-/m1/s1. The van der Waals surface area contributed by atoms with Crippen LogP contribution in [0.3, 0.4) is 0 Å². The second kappa shape index (κ2) is 7.48. The summed E-state index contributed by atoms with van der Waals surface area (Å²) >= 11 is 5.80. The fourth-order valence-corrected chi connectivity index (χ4v) is 4.47. The topological polar surface area (TPSA) is 89.5 Å². The first-order valence-corrected chi connectivity index (χ1v) is 9.52. The monoisotopic (exact) mass is 377 g/mol. The van der Waals surface area contributed by atoms with E-state index >= 15 is 0 Å². The van der Waals surface area contributed by atoms with Crippen LogP contribution in [-0.2, 0) is 24.2 Å². The van der Waals surface area contributed by atoms with Crippen LogP contribution >= 0.6 is 11.6 Å². The smallest absolute Gasteiger partial charge is 0.306 e. The SMILES string of the molecule is C[C@@H](OC(=O)C[C@H]1CCS(=O)(=O)C1)C(=O)Nc1ccc(F)cc1Cl. The van der Waals surface area contributed by atoms with E-state index in [1.165, 1.54) is 13.0 Å².